The average Bonchev–Trinajstić information content (AvgIpc) is 2.40. The van der Waals surface area contributed by atoms with Gasteiger partial charge in [-0.3, -0.25) is 4.99 Å². The molecule has 0 aromatic heterocycles. The summed E-state index contributed by atoms with van der Waals surface area (Å²) >= 11 is 0. The van der Waals surface area contributed by atoms with Crippen LogP contribution in [-0.2, 0) is 0 Å². The second-order valence-electron chi connectivity index (χ2n) is 3.81. The van der Waals surface area contributed by atoms with Crippen LogP contribution in [0.15, 0.2) is 29.3 Å². The van der Waals surface area contributed by atoms with E-state index in [-0.39, 0.29) is 6.10 Å². The Morgan fingerprint density at radius 3 is 2.72 bits per heavy atom. The first-order chi connectivity index (χ1) is 8.69. The molecule has 1 unspecified atom stereocenters. The largest absolute Gasteiger partial charge is 0.497 e. The molecule has 18 heavy (non-hydrogen) atoms. The third-order valence-electron chi connectivity index (χ3n) is 2.40. The molecule has 0 aliphatic heterocycles. The summed E-state index contributed by atoms with van der Waals surface area (Å²) in [5, 5.41) is 6.10. The van der Waals surface area contributed by atoms with E-state index in [1.807, 2.05) is 38.2 Å². The first-order valence-electron chi connectivity index (χ1n) is 5.88. The third-order valence-corrected chi connectivity index (χ3v) is 2.40. The van der Waals surface area contributed by atoms with E-state index in [4.69, 9.17) is 9.47 Å². The zero-order valence-electron chi connectivity index (χ0n) is 11.4. The Bertz CT molecular complexity index is 394. The van der Waals surface area contributed by atoms with Crippen molar-refractivity contribution in [2.45, 2.75) is 13.0 Å². The number of ether oxygens (including phenoxy) is 2. The average molecular weight is 251 g/mol. The number of nitrogens with one attached hydrogen (secondary N) is 2. The molecule has 0 aliphatic rings. The van der Waals surface area contributed by atoms with E-state index in [2.05, 4.69) is 15.6 Å². The van der Waals surface area contributed by atoms with Crippen molar-refractivity contribution in [1.29, 1.82) is 0 Å². The molecule has 1 aromatic carbocycles. The lowest BCUT2D eigenvalue weighted by Gasteiger charge is -2.17. The Hall–Kier alpha value is -1.91. The highest BCUT2D eigenvalue weighted by atomic mass is 16.5. The predicted molar refractivity (Wildman–Crippen MR) is 73.5 cm³/mol. The van der Waals surface area contributed by atoms with Crippen LogP contribution in [0.3, 0.4) is 0 Å². The van der Waals surface area contributed by atoms with Gasteiger partial charge >= 0.3 is 0 Å². The molecule has 0 fully saturated rings. The van der Waals surface area contributed by atoms with Crippen LogP contribution in [0.4, 0.5) is 0 Å². The number of hydrogen-bond donors (Lipinski definition) is 2. The Morgan fingerprint density at radius 1 is 1.39 bits per heavy atom. The maximum Gasteiger partial charge on any atom is 0.190 e. The standard InChI is InChI=1S/C13H21N3O2/c1-10(9-16-13(14-2)15-3)18-12-7-5-6-11(8-12)17-4/h5-8,10H,9H2,1-4H3,(H2,14,15,16). The Morgan fingerprint density at radius 2 is 2.11 bits per heavy atom. The topological polar surface area (TPSA) is 54.9 Å². The minimum Gasteiger partial charge on any atom is -0.497 e. The lowest BCUT2D eigenvalue weighted by atomic mass is 10.3. The molecule has 0 aliphatic carbocycles. The van der Waals surface area contributed by atoms with Gasteiger partial charge < -0.3 is 20.1 Å². The first kappa shape index (κ1) is 14.2. The molecular formula is C13H21N3O2. The lowest BCUT2D eigenvalue weighted by molar-refractivity contribution is 0.223. The first-order valence-corrected chi connectivity index (χ1v) is 5.88. The van der Waals surface area contributed by atoms with Gasteiger partial charge in [-0.05, 0) is 19.1 Å². The molecule has 1 aromatic rings. The fraction of sp³-hybridized carbons (Fsp3) is 0.462. The maximum atomic E-state index is 5.77. The number of benzene rings is 1. The molecule has 0 heterocycles. The minimum atomic E-state index is 0.0298. The Balaban J connectivity index is 2.46. The van der Waals surface area contributed by atoms with Crippen molar-refractivity contribution in [3.05, 3.63) is 24.3 Å². The van der Waals surface area contributed by atoms with Crippen LogP contribution in [0, 0.1) is 0 Å². The van der Waals surface area contributed by atoms with Crippen LogP contribution >= 0.6 is 0 Å². The SMILES string of the molecule is CN=C(NC)NCC(C)Oc1cccc(OC)c1. The highest BCUT2D eigenvalue weighted by molar-refractivity contribution is 5.79. The normalized spacial score (nSPS) is 12.8. The zero-order valence-corrected chi connectivity index (χ0v) is 11.4. The zero-order chi connectivity index (χ0) is 13.4. The van der Waals surface area contributed by atoms with E-state index in [0.717, 1.165) is 17.5 Å². The molecule has 5 heteroatoms. The van der Waals surface area contributed by atoms with Gasteiger partial charge in [-0.2, -0.15) is 0 Å². The molecule has 0 saturated heterocycles. The van der Waals surface area contributed by atoms with Gasteiger partial charge in [-0.1, -0.05) is 6.07 Å². The summed E-state index contributed by atoms with van der Waals surface area (Å²) in [7, 11) is 5.19. The smallest absolute Gasteiger partial charge is 0.190 e. The summed E-state index contributed by atoms with van der Waals surface area (Å²) in [5.41, 5.74) is 0. The summed E-state index contributed by atoms with van der Waals surface area (Å²) in [6.45, 7) is 2.67. The van der Waals surface area contributed by atoms with Crippen molar-refractivity contribution in [1.82, 2.24) is 10.6 Å². The summed E-state index contributed by atoms with van der Waals surface area (Å²) in [6, 6.07) is 7.56. The van der Waals surface area contributed by atoms with Gasteiger partial charge in [0.05, 0.1) is 13.7 Å². The van der Waals surface area contributed by atoms with Gasteiger partial charge in [0.25, 0.3) is 0 Å². The van der Waals surface area contributed by atoms with Crippen molar-refractivity contribution < 1.29 is 9.47 Å². The van der Waals surface area contributed by atoms with Gasteiger partial charge in [0.15, 0.2) is 5.96 Å². The molecule has 1 atom stereocenters. The van der Waals surface area contributed by atoms with Crippen molar-refractivity contribution in [2.24, 2.45) is 4.99 Å². The van der Waals surface area contributed by atoms with Crippen molar-refractivity contribution >= 4 is 5.96 Å². The molecule has 100 valence electrons. The monoisotopic (exact) mass is 251 g/mol. The van der Waals surface area contributed by atoms with E-state index >= 15 is 0 Å². The van der Waals surface area contributed by atoms with Gasteiger partial charge in [0.2, 0.25) is 0 Å². The Kier molecular flexibility index (Phi) is 5.84. The van der Waals surface area contributed by atoms with Crippen LogP contribution in [0.2, 0.25) is 0 Å². The number of guanidine groups is 1. The van der Waals surface area contributed by atoms with Crippen LogP contribution in [-0.4, -0.2) is 39.8 Å². The van der Waals surface area contributed by atoms with E-state index < -0.39 is 0 Å². The fourth-order valence-electron chi connectivity index (χ4n) is 1.47. The lowest BCUT2D eigenvalue weighted by Crippen LogP contribution is -2.40. The van der Waals surface area contributed by atoms with Crippen LogP contribution in [0.5, 0.6) is 11.5 Å². The number of aliphatic imine (C=N–C) groups is 1. The molecule has 0 radical (unpaired) electrons. The summed E-state index contributed by atoms with van der Waals surface area (Å²) < 4.78 is 10.9. The number of nitrogens with zero attached hydrogens (tertiary/aromatic N) is 1. The highest BCUT2D eigenvalue weighted by Crippen LogP contribution is 2.19. The van der Waals surface area contributed by atoms with Crippen molar-refractivity contribution in [3.63, 3.8) is 0 Å². The van der Waals surface area contributed by atoms with Gasteiger partial charge in [-0.25, -0.2) is 0 Å². The summed E-state index contributed by atoms with van der Waals surface area (Å²) in [5.74, 6) is 2.33. The predicted octanol–water partition coefficient (Wildman–Crippen LogP) is 1.26. The second kappa shape index (κ2) is 7.42. The third kappa shape index (κ3) is 4.53. The Labute approximate surface area is 108 Å². The van der Waals surface area contributed by atoms with E-state index in [0.29, 0.717) is 6.54 Å². The van der Waals surface area contributed by atoms with Crippen molar-refractivity contribution in [2.75, 3.05) is 27.7 Å². The van der Waals surface area contributed by atoms with Gasteiger partial charge in [0.1, 0.15) is 17.6 Å². The van der Waals surface area contributed by atoms with Gasteiger partial charge in [-0.15, -0.1) is 0 Å². The number of rotatable bonds is 5. The summed E-state index contributed by atoms with van der Waals surface area (Å²) in [4.78, 5) is 4.03. The van der Waals surface area contributed by atoms with E-state index in [1.54, 1.807) is 14.2 Å². The van der Waals surface area contributed by atoms with E-state index in [9.17, 15) is 0 Å². The second-order valence-corrected chi connectivity index (χ2v) is 3.81. The molecule has 1 rings (SSSR count). The quantitative estimate of drug-likeness (QED) is 0.611. The molecule has 0 amide bonds. The number of hydrogen-bond acceptors (Lipinski definition) is 3. The van der Waals surface area contributed by atoms with Crippen molar-refractivity contribution in [3.8, 4) is 11.5 Å². The fourth-order valence-corrected chi connectivity index (χ4v) is 1.47. The molecule has 0 saturated carbocycles. The van der Waals surface area contributed by atoms with E-state index in [1.165, 1.54) is 0 Å². The van der Waals surface area contributed by atoms with Crippen LogP contribution < -0.4 is 20.1 Å². The van der Waals surface area contributed by atoms with Crippen LogP contribution in [0.1, 0.15) is 6.92 Å². The molecule has 2 N–H and O–H groups in total. The maximum absolute atomic E-state index is 5.77. The summed E-state index contributed by atoms with van der Waals surface area (Å²) in [6.07, 6.45) is 0.0298. The minimum absolute atomic E-state index is 0.0298. The molecule has 0 bridgehead atoms. The van der Waals surface area contributed by atoms with Gasteiger partial charge in [0, 0.05) is 20.2 Å². The highest BCUT2D eigenvalue weighted by Gasteiger charge is 2.05. The molecule has 0 spiro atoms. The molecule has 5 nitrogen and oxygen atoms in total. The molecular weight excluding hydrogens is 230 g/mol. The van der Waals surface area contributed by atoms with Crippen LogP contribution in [0.25, 0.3) is 0 Å². The number of methoxy groups -OCH3 is 1.